The van der Waals surface area contributed by atoms with Gasteiger partial charge in [0.05, 0.1) is 11.0 Å². The number of rotatable bonds is 3. The number of imidazole rings is 1. The highest BCUT2D eigenvalue weighted by Gasteiger charge is 2.17. The molecule has 0 bridgehead atoms. The zero-order valence-electron chi connectivity index (χ0n) is 15.7. The van der Waals surface area contributed by atoms with Crippen molar-refractivity contribution in [2.45, 2.75) is 13.8 Å². The molecule has 3 aromatic heterocycles. The quantitative estimate of drug-likeness (QED) is 0.471. The molecular formula is C23H19N5. The van der Waals surface area contributed by atoms with Crippen molar-refractivity contribution < 1.29 is 0 Å². The van der Waals surface area contributed by atoms with E-state index in [2.05, 4.69) is 51.7 Å². The second kappa shape index (κ2) is 6.46. The number of hydrogen-bond donors (Lipinski definition) is 1. The van der Waals surface area contributed by atoms with Crippen LogP contribution in [0.2, 0.25) is 0 Å². The van der Waals surface area contributed by atoms with Crippen molar-refractivity contribution in [2.75, 3.05) is 5.32 Å². The molecule has 0 spiro atoms. The van der Waals surface area contributed by atoms with Crippen LogP contribution in [0.5, 0.6) is 0 Å². The minimum Gasteiger partial charge on any atom is -0.339 e. The molecule has 0 aliphatic carbocycles. The van der Waals surface area contributed by atoms with E-state index in [1.165, 1.54) is 11.1 Å². The summed E-state index contributed by atoms with van der Waals surface area (Å²) < 4.78 is 2.07. The minimum atomic E-state index is 0.844. The molecule has 28 heavy (non-hydrogen) atoms. The highest BCUT2D eigenvalue weighted by Crippen LogP contribution is 2.34. The first-order chi connectivity index (χ1) is 13.7. The van der Waals surface area contributed by atoms with Gasteiger partial charge in [0.15, 0.2) is 0 Å². The number of nitrogens with one attached hydrogen (secondary N) is 1. The molecule has 1 N–H and O–H groups in total. The molecule has 0 saturated heterocycles. The van der Waals surface area contributed by atoms with Crippen molar-refractivity contribution in [1.82, 2.24) is 19.4 Å². The van der Waals surface area contributed by atoms with Crippen LogP contribution >= 0.6 is 0 Å². The number of pyridine rings is 1. The largest absolute Gasteiger partial charge is 0.339 e. The fraction of sp³-hybridized carbons (Fsp3) is 0.0870. The summed E-state index contributed by atoms with van der Waals surface area (Å²) in [6.45, 7) is 4.21. The van der Waals surface area contributed by atoms with E-state index < -0.39 is 0 Å². The average Bonchev–Trinajstić information content (AvgIpc) is 3.05. The Kier molecular flexibility index (Phi) is 3.79. The van der Waals surface area contributed by atoms with Crippen LogP contribution in [-0.4, -0.2) is 19.4 Å². The van der Waals surface area contributed by atoms with Gasteiger partial charge >= 0.3 is 0 Å². The van der Waals surface area contributed by atoms with E-state index in [4.69, 9.17) is 4.98 Å². The topological polar surface area (TPSA) is 55.1 Å². The number of para-hydroxylation sites is 1. The molecule has 5 rings (SSSR count). The number of benzene rings is 2. The van der Waals surface area contributed by atoms with Gasteiger partial charge in [-0.2, -0.15) is 0 Å². The smallest absolute Gasteiger partial charge is 0.143 e. The summed E-state index contributed by atoms with van der Waals surface area (Å²) in [7, 11) is 0. The van der Waals surface area contributed by atoms with Crippen LogP contribution in [0.1, 0.15) is 11.1 Å². The number of anilines is 2. The number of aryl methyl sites for hydroxylation is 2. The van der Waals surface area contributed by atoms with E-state index in [1.54, 1.807) is 12.4 Å². The second-order valence-electron chi connectivity index (χ2n) is 6.97. The predicted molar refractivity (Wildman–Crippen MR) is 113 cm³/mol. The van der Waals surface area contributed by atoms with E-state index in [0.29, 0.717) is 0 Å². The van der Waals surface area contributed by atoms with Crippen molar-refractivity contribution in [3.63, 3.8) is 0 Å². The Hall–Kier alpha value is -3.73. The first-order valence-electron chi connectivity index (χ1n) is 9.21. The maximum Gasteiger partial charge on any atom is 0.143 e. The summed E-state index contributed by atoms with van der Waals surface area (Å²) in [5.41, 5.74) is 7.87. The van der Waals surface area contributed by atoms with Crippen molar-refractivity contribution in [2.24, 2.45) is 0 Å². The Morgan fingerprint density at radius 1 is 0.857 bits per heavy atom. The molecule has 0 aliphatic rings. The molecule has 0 atom stereocenters. The molecule has 0 aliphatic heterocycles. The Morgan fingerprint density at radius 3 is 2.54 bits per heavy atom. The first kappa shape index (κ1) is 16.4. The van der Waals surface area contributed by atoms with Crippen LogP contribution < -0.4 is 5.32 Å². The Labute approximate surface area is 162 Å². The third-order valence-corrected chi connectivity index (χ3v) is 4.77. The molecule has 136 valence electrons. The van der Waals surface area contributed by atoms with Crippen LogP contribution in [0, 0.1) is 13.8 Å². The lowest BCUT2D eigenvalue weighted by molar-refractivity contribution is 1.18. The number of hydrogen-bond acceptors (Lipinski definition) is 4. The van der Waals surface area contributed by atoms with Crippen LogP contribution in [-0.2, 0) is 0 Å². The zero-order chi connectivity index (χ0) is 19.1. The lowest BCUT2D eigenvalue weighted by atomic mass is 10.1. The third kappa shape index (κ3) is 2.77. The van der Waals surface area contributed by atoms with Gasteiger partial charge in [0, 0.05) is 29.8 Å². The molecule has 0 saturated carbocycles. The van der Waals surface area contributed by atoms with Gasteiger partial charge in [0.25, 0.3) is 0 Å². The summed E-state index contributed by atoms with van der Waals surface area (Å²) in [5.74, 6) is 0.916. The third-order valence-electron chi connectivity index (χ3n) is 4.77. The van der Waals surface area contributed by atoms with Crippen molar-refractivity contribution in [3.8, 4) is 11.3 Å². The van der Waals surface area contributed by atoms with Gasteiger partial charge in [-0.05, 0) is 55.3 Å². The maximum atomic E-state index is 4.91. The molecule has 0 radical (unpaired) electrons. The van der Waals surface area contributed by atoms with Gasteiger partial charge in [-0.3, -0.25) is 14.4 Å². The van der Waals surface area contributed by atoms with Gasteiger partial charge in [-0.1, -0.05) is 24.3 Å². The van der Waals surface area contributed by atoms with E-state index in [-0.39, 0.29) is 0 Å². The molecule has 0 amide bonds. The lowest BCUT2D eigenvalue weighted by Crippen LogP contribution is -1.98. The summed E-state index contributed by atoms with van der Waals surface area (Å²) in [6, 6.07) is 18.5. The minimum absolute atomic E-state index is 0.844. The van der Waals surface area contributed by atoms with Crippen LogP contribution in [0.15, 0.2) is 73.2 Å². The highest BCUT2D eigenvalue weighted by molar-refractivity contribution is 5.94. The second-order valence-corrected chi connectivity index (χ2v) is 6.97. The normalized spacial score (nSPS) is 11.2. The number of aromatic nitrogens is 4. The van der Waals surface area contributed by atoms with Crippen LogP contribution in [0.3, 0.4) is 0 Å². The molecule has 2 aromatic carbocycles. The number of nitrogens with zero attached hydrogens (tertiary/aromatic N) is 4. The van der Waals surface area contributed by atoms with Crippen molar-refractivity contribution >= 4 is 28.2 Å². The van der Waals surface area contributed by atoms with Crippen LogP contribution in [0.25, 0.3) is 27.9 Å². The Morgan fingerprint density at radius 2 is 1.68 bits per heavy atom. The summed E-state index contributed by atoms with van der Waals surface area (Å²) in [4.78, 5) is 13.9. The lowest BCUT2D eigenvalue weighted by Gasteiger charge is -2.11. The molecule has 0 fully saturated rings. The standard InChI is InChI=1S/C23H19N5/c1-15-12-16(2)14-17(13-15)26-23-22(27-20-8-3-4-11-28(20)23)18-6-5-7-19-21(18)25-10-9-24-19/h3-14,26H,1-2H3. The Bertz CT molecular complexity index is 1290. The van der Waals surface area contributed by atoms with Gasteiger partial charge in [0.1, 0.15) is 17.2 Å². The van der Waals surface area contributed by atoms with E-state index in [0.717, 1.165) is 39.4 Å². The van der Waals surface area contributed by atoms with Crippen LogP contribution in [0.4, 0.5) is 11.5 Å². The van der Waals surface area contributed by atoms with E-state index in [9.17, 15) is 0 Å². The summed E-state index contributed by atoms with van der Waals surface area (Å²) in [5, 5.41) is 3.59. The number of fused-ring (bicyclic) bond motifs is 2. The average molecular weight is 365 g/mol. The van der Waals surface area contributed by atoms with E-state index in [1.807, 2.05) is 42.6 Å². The molecular weight excluding hydrogens is 346 g/mol. The van der Waals surface area contributed by atoms with Gasteiger partial charge in [0.2, 0.25) is 0 Å². The molecule has 3 heterocycles. The predicted octanol–water partition coefficient (Wildman–Crippen LogP) is 5.30. The zero-order valence-corrected chi connectivity index (χ0v) is 15.7. The fourth-order valence-electron chi connectivity index (χ4n) is 3.67. The fourth-order valence-corrected chi connectivity index (χ4v) is 3.67. The summed E-state index contributed by atoms with van der Waals surface area (Å²) >= 11 is 0. The van der Waals surface area contributed by atoms with Gasteiger partial charge in [-0.25, -0.2) is 4.98 Å². The SMILES string of the molecule is Cc1cc(C)cc(Nc2c(-c3cccc4nccnc34)nc3ccccn23)c1. The highest BCUT2D eigenvalue weighted by atomic mass is 15.1. The maximum absolute atomic E-state index is 4.91. The first-order valence-corrected chi connectivity index (χ1v) is 9.21. The van der Waals surface area contributed by atoms with Gasteiger partial charge < -0.3 is 5.32 Å². The van der Waals surface area contributed by atoms with Crippen molar-refractivity contribution in [3.05, 3.63) is 84.3 Å². The van der Waals surface area contributed by atoms with Gasteiger partial charge in [-0.15, -0.1) is 0 Å². The molecule has 0 unspecified atom stereocenters. The van der Waals surface area contributed by atoms with E-state index >= 15 is 0 Å². The molecule has 5 aromatic rings. The molecule has 5 nitrogen and oxygen atoms in total. The molecule has 5 heteroatoms. The summed E-state index contributed by atoms with van der Waals surface area (Å²) in [6.07, 6.45) is 5.46. The Balaban J connectivity index is 1.76. The van der Waals surface area contributed by atoms with Crippen molar-refractivity contribution in [1.29, 1.82) is 0 Å². The monoisotopic (exact) mass is 365 g/mol.